The highest BCUT2D eigenvalue weighted by Crippen LogP contribution is 2.31. The van der Waals surface area contributed by atoms with Gasteiger partial charge in [-0.2, -0.15) is 0 Å². The Morgan fingerprint density at radius 1 is 1.22 bits per heavy atom. The van der Waals surface area contributed by atoms with Crippen LogP contribution in [0.5, 0.6) is 0 Å². The van der Waals surface area contributed by atoms with E-state index >= 15 is 0 Å². The van der Waals surface area contributed by atoms with E-state index in [-0.39, 0.29) is 23.9 Å². The number of primary sulfonamides is 1. The number of benzene rings is 1. The Morgan fingerprint density at radius 3 is 2.56 bits per heavy atom. The van der Waals surface area contributed by atoms with E-state index in [1.54, 1.807) is 12.1 Å². The van der Waals surface area contributed by atoms with Crippen LogP contribution in [0.2, 0.25) is 5.02 Å². The average molecular weight is 547 g/mol. The zero-order valence-electron chi connectivity index (χ0n) is 18.4. The van der Waals surface area contributed by atoms with Crippen LogP contribution in [0.4, 0.5) is 5.69 Å². The second-order valence-electron chi connectivity index (χ2n) is 7.53. The van der Waals surface area contributed by atoms with Crippen LogP contribution in [-0.4, -0.2) is 73.0 Å². The lowest BCUT2D eigenvalue weighted by molar-refractivity contribution is -0.279. The summed E-state index contributed by atoms with van der Waals surface area (Å²) < 4.78 is 44.2. The summed E-state index contributed by atoms with van der Waals surface area (Å²) in [7, 11) is -4.36. The van der Waals surface area contributed by atoms with Gasteiger partial charge in [-0.15, -0.1) is 0 Å². The molecule has 1 fully saturated rings. The molecule has 6 N–H and O–H groups in total. The highest BCUT2D eigenvalue weighted by molar-refractivity contribution is 7.89. The summed E-state index contributed by atoms with van der Waals surface area (Å²) in [4.78, 5) is 24.6. The van der Waals surface area contributed by atoms with Gasteiger partial charge in [-0.1, -0.05) is 24.3 Å². The van der Waals surface area contributed by atoms with Gasteiger partial charge in [0.2, 0.25) is 16.3 Å². The molecule has 15 heteroatoms. The van der Waals surface area contributed by atoms with Crippen molar-refractivity contribution in [3.63, 3.8) is 0 Å². The molecule has 3 rings (SSSR count). The Kier molecular flexibility index (Phi) is 8.73. The summed E-state index contributed by atoms with van der Waals surface area (Å²) in [6.45, 7) is 3.19. The number of hydrogen-bond acceptors (Lipinski definition) is 12. The van der Waals surface area contributed by atoms with Gasteiger partial charge >= 0.3 is 11.9 Å². The molecule has 0 spiro atoms. The number of anilines is 1. The number of furan rings is 1. The molecule has 1 aliphatic rings. The highest BCUT2D eigenvalue weighted by Gasteiger charge is 2.49. The molecule has 1 aliphatic heterocycles. The summed E-state index contributed by atoms with van der Waals surface area (Å²) in [6.07, 6.45) is -6.94. The van der Waals surface area contributed by atoms with Crippen LogP contribution in [0.1, 0.15) is 16.1 Å². The first kappa shape index (κ1) is 27.6. The van der Waals surface area contributed by atoms with E-state index in [0.717, 1.165) is 12.1 Å². The molecule has 5 atom stereocenters. The third kappa shape index (κ3) is 6.22. The number of carbonyl (C=O) groups excluding carboxylic acids is 2. The van der Waals surface area contributed by atoms with Crippen molar-refractivity contribution in [2.24, 2.45) is 5.14 Å². The fourth-order valence-corrected chi connectivity index (χ4v) is 4.31. The van der Waals surface area contributed by atoms with Crippen molar-refractivity contribution in [1.29, 1.82) is 0 Å². The summed E-state index contributed by atoms with van der Waals surface area (Å²) in [5.74, 6) is -1.90. The fourth-order valence-electron chi connectivity index (χ4n) is 3.21. The van der Waals surface area contributed by atoms with Crippen molar-refractivity contribution < 1.29 is 52.0 Å². The number of ether oxygens (including phenoxy) is 3. The number of sulfonamides is 1. The Bertz CT molecular complexity index is 1220. The molecule has 0 radical (unpaired) electrons. The van der Waals surface area contributed by atoms with E-state index in [0.29, 0.717) is 5.76 Å². The zero-order chi connectivity index (χ0) is 26.6. The Morgan fingerprint density at radius 2 is 1.94 bits per heavy atom. The number of hydrogen-bond donors (Lipinski definition) is 5. The third-order valence-electron chi connectivity index (χ3n) is 5.00. The number of carbonyl (C=O) groups is 2. The first-order chi connectivity index (χ1) is 16.9. The maximum atomic E-state index is 13.0. The lowest BCUT2D eigenvalue weighted by atomic mass is 9.99. The van der Waals surface area contributed by atoms with E-state index in [9.17, 15) is 33.3 Å². The normalized spacial score (nSPS) is 24.1. The first-order valence-corrected chi connectivity index (χ1v) is 12.2. The second kappa shape index (κ2) is 11.4. The average Bonchev–Trinajstić information content (AvgIpc) is 3.34. The molecular formula is C21H23ClN2O11S. The lowest BCUT2D eigenvalue weighted by Gasteiger charge is -2.38. The SMILES string of the molecule is C=CCOC(=O)[C@H]1O[C@@H](OC(=O)c2cc(S(N)(=O)=O)c(Cl)cc2NCc2ccco2)[C@H](O)[C@@H](O)[C@@H]1O. The number of nitrogens with two attached hydrogens (primary N) is 1. The third-order valence-corrected chi connectivity index (χ3v) is 6.38. The van der Waals surface area contributed by atoms with Crippen molar-refractivity contribution in [3.05, 3.63) is 59.5 Å². The summed E-state index contributed by atoms with van der Waals surface area (Å²) in [6, 6.07) is 5.23. The zero-order valence-corrected chi connectivity index (χ0v) is 20.0. The fraction of sp³-hybridized carbons (Fsp3) is 0.333. The molecule has 2 heterocycles. The molecular weight excluding hydrogens is 524 g/mol. The minimum atomic E-state index is -4.36. The number of aliphatic hydroxyl groups excluding tert-OH is 3. The highest BCUT2D eigenvalue weighted by atomic mass is 35.5. The molecule has 0 bridgehead atoms. The van der Waals surface area contributed by atoms with Crippen LogP contribution in [0.3, 0.4) is 0 Å². The van der Waals surface area contributed by atoms with Crippen LogP contribution in [-0.2, 0) is 35.6 Å². The van der Waals surface area contributed by atoms with Gasteiger partial charge in [0.15, 0.2) is 6.10 Å². The number of rotatable bonds is 9. The van der Waals surface area contributed by atoms with Gasteiger partial charge in [-0.25, -0.2) is 23.1 Å². The van der Waals surface area contributed by atoms with Crippen molar-refractivity contribution in [2.45, 2.75) is 42.1 Å². The van der Waals surface area contributed by atoms with E-state index in [2.05, 4.69) is 11.9 Å². The topological polar surface area (TPSA) is 208 Å². The smallest absolute Gasteiger partial charge is 0.342 e. The van der Waals surface area contributed by atoms with E-state index < -0.39 is 63.1 Å². The minimum absolute atomic E-state index is 0.00150. The summed E-state index contributed by atoms with van der Waals surface area (Å²) in [5, 5.41) is 38.2. The van der Waals surface area contributed by atoms with Crippen LogP contribution in [0.25, 0.3) is 0 Å². The van der Waals surface area contributed by atoms with Gasteiger partial charge in [0.1, 0.15) is 35.6 Å². The number of aliphatic hydroxyl groups is 3. The van der Waals surface area contributed by atoms with Crippen molar-refractivity contribution in [3.8, 4) is 0 Å². The van der Waals surface area contributed by atoms with Gasteiger partial charge in [-0.3, -0.25) is 0 Å². The maximum absolute atomic E-state index is 13.0. The Labute approximate surface area is 210 Å². The Balaban J connectivity index is 1.90. The predicted octanol–water partition coefficient (Wildman–Crippen LogP) is -0.114. The quantitative estimate of drug-likeness (QED) is 0.206. The van der Waals surface area contributed by atoms with Crippen LogP contribution >= 0.6 is 11.6 Å². The van der Waals surface area contributed by atoms with Crippen LogP contribution in [0.15, 0.2) is 52.5 Å². The molecule has 0 unspecified atom stereocenters. The van der Waals surface area contributed by atoms with Crippen molar-refractivity contribution in [2.75, 3.05) is 11.9 Å². The molecule has 1 aromatic heterocycles. The first-order valence-electron chi connectivity index (χ1n) is 10.2. The van der Waals surface area contributed by atoms with Crippen LogP contribution in [0, 0.1) is 0 Å². The second-order valence-corrected chi connectivity index (χ2v) is 9.46. The van der Waals surface area contributed by atoms with Gasteiger partial charge < -0.3 is 39.3 Å². The molecule has 2 aromatic rings. The molecule has 0 aliphatic carbocycles. The summed E-state index contributed by atoms with van der Waals surface area (Å²) in [5.41, 5.74) is -0.390. The molecule has 196 valence electrons. The van der Waals surface area contributed by atoms with Gasteiger partial charge in [0.05, 0.1) is 29.1 Å². The standard InChI is InChI=1S/C21H23ClN2O11S/c1-2-5-33-20(29)18-16(26)15(25)17(27)21(34-18)35-19(28)11-7-14(36(23,30)31)12(22)8-13(11)24-9-10-4-3-6-32-10/h2-4,6-8,15-18,21,24-27H,1,5,9H2,(H2,23,30,31)/t15-,16-,17+,18-,21-/m0/s1. The largest absolute Gasteiger partial charge is 0.467 e. The van der Waals surface area contributed by atoms with Crippen LogP contribution < -0.4 is 10.5 Å². The molecule has 1 saturated heterocycles. The molecule has 0 amide bonds. The summed E-state index contributed by atoms with van der Waals surface area (Å²) >= 11 is 6.04. The van der Waals surface area contributed by atoms with Gasteiger partial charge in [0.25, 0.3) is 0 Å². The van der Waals surface area contributed by atoms with Gasteiger partial charge in [-0.05, 0) is 24.3 Å². The molecule has 1 aromatic carbocycles. The molecule has 0 saturated carbocycles. The van der Waals surface area contributed by atoms with Crippen molar-refractivity contribution in [1.82, 2.24) is 0 Å². The van der Waals surface area contributed by atoms with Crippen molar-refractivity contribution >= 4 is 39.3 Å². The number of esters is 2. The number of nitrogens with one attached hydrogen (secondary N) is 1. The molecule has 36 heavy (non-hydrogen) atoms. The number of halogens is 1. The van der Waals surface area contributed by atoms with Gasteiger partial charge in [0, 0.05) is 0 Å². The minimum Gasteiger partial charge on any atom is -0.467 e. The molecule has 13 nitrogen and oxygen atoms in total. The van der Waals surface area contributed by atoms with E-state index in [1.807, 2.05) is 0 Å². The lowest BCUT2D eigenvalue weighted by Crippen LogP contribution is -2.60. The monoisotopic (exact) mass is 546 g/mol. The Hall–Kier alpha value is -2.98. The maximum Gasteiger partial charge on any atom is 0.342 e. The van der Waals surface area contributed by atoms with E-state index in [4.69, 9.17) is 35.4 Å². The van der Waals surface area contributed by atoms with E-state index in [1.165, 1.54) is 12.3 Å². The predicted molar refractivity (Wildman–Crippen MR) is 122 cm³/mol.